The molecular formula is C26H22BrFN2O5. The number of benzene rings is 3. The van der Waals surface area contributed by atoms with Gasteiger partial charge < -0.3 is 18.6 Å². The van der Waals surface area contributed by atoms with Crippen molar-refractivity contribution in [1.82, 2.24) is 5.43 Å². The second-order valence-corrected chi connectivity index (χ2v) is 8.24. The van der Waals surface area contributed by atoms with Crippen LogP contribution in [0.3, 0.4) is 0 Å². The topological polar surface area (TPSA) is 82.3 Å². The van der Waals surface area contributed by atoms with Crippen molar-refractivity contribution in [3.63, 3.8) is 0 Å². The van der Waals surface area contributed by atoms with Crippen molar-refractivity contribution in [1.29, 1.82) is 0 Å². The van der Waals surface area contributed by atoms with Gasteiger partial charge >= 0.3 is 5.91 Å². The van der Waals surface area contributed by atoms with Crippen molar-refractivity contribution in [3.8, 4) is 17.2 Å². The highest BCUT2D eigenvalue weighted by atomic mass is 79.9. The number of halogens is 2. The lowest BCUT2D eigenvalue weighted by Crippen LogP contribution is -2.16. The van der Waals surface area contributed by atoms with E-state index in [4.69, 9.17) is 18.6 Å². The molecule has 1 heterocycles. The van der Waals surface area contributed by atoms with Gasteiger partial charge in [-0.2, -0.15) is 5.10 Å². The summed E-state index contributed by atoms with van der Waals surface area (Å²) in [5, 5.41) is 4.78. The predicted octanol–water partition coefficient (Wildman–Crippen LogP) is 6.08. The van der Waals surface area contributed by atoms with Crippen LogP contribution in [0.15, 0.2) is 74.7 Å². The summed E-state index contributed by atoms with van der Waals surface area (Å²) >= 11 is 3.47. The minimum atomic E-state index is -0.492. The van der Waals surface area contributed by atoms with Crippen LogP contribution >= 0.6 is 15.9 Å². The van der Waals surface area contributed by atoms with Gasteiger partial charge in [0.25, 0.3) is 0 Å². The van der Waals surface area contributed by atoms with Crippen molar-refractivity contribution in [2.75, 3.05) is 13.7 Å². The van der Waals surface area contributed by atoms with Crippen LogP contribution in [-0.2, 0) is 6.61 Å². The van der Waals surface area contributed by atoms with Gasteiger partial charge in [0.2, 0.25) is 0 Å². The van der Waals surface area contributed by atoms with Gasteiger partial charge in [0, 0.05) is 15.4 Å². The van der Waals surface area contributed by atoms with Crippen molar-refractivity contribution in [3.05, 3.63) is 87.8 Å². The van der Waals surface area contributed by atoms with Crippen molar-refractivity contribution >= 4 is 39.0 Å². The van der Waals surface area contributed by atoms with Gasteiger partial charge in [-0.15, -0.1) is 0 Å². The van der Waals surface area contributed by atoms with E-state index >= 15 is 0 Å². The third-order valence-corrected chi connectivity index (χ3v) is 5.65. The first-order chi connectivity index (χ1) is 17.0. The monoisotopic (exact) mass is 540 g/mol. The van der Waals surface area contributed by atoms with E-state index in [1.54, 1.807) is 42.5 Å². The summed E-state index contributed by atoms with van der Waals surface area (Å²) in [5.74, 6) is 0.939. The fraction of sp³-hybridized carbons (Fsp3) is 0.154. The molecule has 0 fully saturated rings. The Bertz CT molecular complexity index is 1390. The molecule has 9 heteroatoms. The summed E-state index contributed by atoms with van der Waals surface area (Å²) in [6.07, 6.45) is 1.47. The molecule has 0 saturated carbocycles. The summed E-state index contributed by atoms with van der Waals surface area (Å²) < 4.78 is 36.4. The molecule has 180 valence electrons. The van der Waals surface area contributed by atoms with E-state index in [1.807, 2.05) is 13.0 Å². The van der Waals surface area contributed by atoms with Gasteiger partial charge in [0.1, 0.15) is 23.8 Å². The maximum absolute atomic E-state index is 13.4. The average molecular weight is 541 g/mol. The lowest BCUT2D eigenvalue weighted by atomic mass is 10.2. The number of hydrogen-bond donors (Lipinski definition) is 1. The Morgan fingerprint density at radius 3 is 2.74 bits per heavy atom. The molecule has 0 radical (unpaired) electrons. The van der Waals surface area contributed by atoms with Gasteiger partial charge in [-0.25, -0.2) is 9.82 Å². The summed E-state index contributed by atoms with van der Waals surface area (Å²) in [6.45, 7) is 2.62. The van der Waals surface area contributed by atoms with Crippen molar-refractivity contribution in [2.24, 2.45) is 5.10 Å². The molecule has 0 aliphatic carbocycles. The van der Waals surface area contributed by atoms with Crippen molar-refractivity contribution in [2.45, 2.75) is 13.5 Å². The summed E-state index contributed by atoms with van der Waals surface area (Å²) in [6, 6.07) is 16.6. The van der Waals surface area contributed by atoms with E-state index in [9.17, 15) is 9.18 Å². The number of nitrogens with one attached hydrogen (secondary N) is 1. The lowest BCUT2D eigenvalue weighted by Gasteiger charge is -2.13. The number of carbonyl (C=O) groups excluding carboxylic acids is 1. The molecule has 0 aliphatic rings. The molecule has 7 nitrogen and oxygen atoms in total. The predicted molar refractivity (Wildman–Crippen MR) is 134 cm³/mol. The van der Waals surface area contributed by atoms with Crippen LogP contribution in [0.25, 0.3) is 11.0 Å². The number of carbonyl (C=O) groups is 1. The van der Waals surface area contributed by atoms with Gasteiger partial charge in [0.05, 0.1) is 19.9 Å². The third kappa shape index (κ3) is 5.99. The lowest BCUT2D eigenvalue weighted by molar-refractivity contribution is 0.0929. The molecule has 0 spiro atoms. The highest BCUT2D eigenvalue weighted by Gasteiger charge is 2.13. The molecule has 1 aromatic heterocycles. The Kier molecular flexibility index (Phi) is 7.67. The van der Waals surface area contributed by atoms with E-state index in [0.717, 1.165) is 5.39 Å². The normalized spacial score (nSPS) is 11.1. The first-order valence-electron chi connectivity index (χ1n) is 10.7. The second-order valence-electron chi connectivity index (χ2n) is 7.39. The largest absolute Gasteiger partial charge is 0.494 e. The average Bonchev–Trinajstić information content (AvgIpc) is 3.27. The number of hydrogen-bond acceptors (Lipinski definition) is 6. The van der Waals surface area contributed by atoms with E-state index in [1.165, 1.54) is 25.5 Å². The molecule has 0 unspecified atom stereocenters. The number of nitrogens with zero attached hydrogens (tertiary/aromatic N) is 1. The van der Waals surface area contributed by atoms with Crippen LogP contribution < -0.4 is 19.6 Å². The quantitative estimate of drug-likeness (QED) is 0.205. The molecule has 0 bridgehead atoms. The van der Waals surface area contributed by atoms with Crippen LogP contribution in [0.2, 0.25) is 0 Å². The number of methoxy groups -OCH3 is 1. The zero-order valence-corrected chi connectivity index (χ0v) is 20.6. The Labute approximate surface area is 209 Å². The number of rotatable bonds is 9. The van der Waals surface area contributed by atoms with Gasteiger partial charge in [-0.05, 0) is 76.9 Å². The first-order valence-corrected chi connectivity index (χ1v) is 11.5. The molecule has 35 heavy (non-hydrogen) atoms. The van der Waals surface area contributed by atoms with Crippen LogP contribution in [0, 0.1) is 5.82 Å². The van der Waals surface area contributed by atoms with E-state index in [0.29, 0.717) is 45.0 Å². The molecular weight excluding hydrogens is 519 g/mol. The fourth-order valence-electron chi connectivity index (χ4n) is 3.32. The number of amides is 1. The Morgan fingerprint density at radius 1 is 1.11 bits per heavy atom. The highest BCUT2D eigenvalue weighted by Crippen LogP contribution is 2.33. The molecule has 3 aromatic carbocycles. The van der Waals surface area contributed by atoms with Crippen molar-refractivity contribution < 1.29 is 27.8 Å². The fourth-order valence-corrected chi connectivity index (χ4v) is 3.74. The second kappa shape index (κ2) is 11.1. The highest BCUT2D eigenvalue weighted by molar-refractivity contribution is 9.10. The number of fused-ring (bicyclic) bond motifs is 1. The number of furan rings is 1. The summed E-state index contributed by atoms with van der Waals surface area (Å²) in [5.41, 5.74) is 4.37. The standard InChI is InChI=1S/C26H22BrFN2O5/c1-3-33-20-7-8-22-17(10-20)11-25(35-22)26(31)30-29-14-18-12-23(32-2)24(13-21(18)27)34-15-16-5-4-6-19(28)9-16/h4-14H,3,15H2,1-2H3,(H,30,31)/b29-14+. The minimum absolute atomic E-state index is 0.128. The molecule has 1 amide bonds. The first kappa shape index (κ1) is 24.3. The molecule has 1 N–H and O–H groups in total. The van der Waals surface area contributed by atoms with E-state index in [2.05, 4.69) is 26.5 Å². The van der Waals surface area contributed by atoms with Gasteiger partial charge in [-0.1, -0.05) is 12.1 Å². The Morgan fingerprint density at radius 2 is 1.97 bits per heavy atom. The number of hydrazone groups is 1. The Balaban J connectivity index is 1.43. The maximum atomic E-state index is 13.4. The van der Waals surface area contributed by atoms with Gasteiger partial charge in [-0.3, -0.25) is 4.79 Å². The van der Waals surface area contributed by atoms with Crippen LogP contribution in [0.4, 0.5) is 4.39 Å². The van der Waals surface area contributed by atoms with Gasteiger partial charge in [0.15, 0.2) is 17.3 Å². The summed E-state index contributed by atoms with van der Waals surface area (Å²) in [4.78, 5) is 12.5. The SMILES string of the molecule is CCOc1ccc2oc(C(=O)N/N=C/c3cc(OC)c(OCc4cccc(F)c4)cc3Br)cc2c1. The molecule has 0 saturated heterocycles. The molecule has 0 aliphatic heterocycles. The number of ether oxygens (including phenoxy) is 3. The molecule has 0 atom stereocenters. The zero-order chi connectivity index (χ0) is 24.8. The molecule has 4 rings (SSSR count). The van der Waals surface area contributed by atoms with Crippen LogP contribution in [-0.4, -0.2) is 25.8 Å². The van der Waals surface area contributed by atoms with Crippen LogP contribution in [0.5, 0.6) is 17.2 Å². The van der Waals surface area contributed by atoms with Crippen LogP contribution in [0.1, 0.15) is 28.6 Å². The summed E-state index contributed by atoms with van der Waals surface area (Å²) in [7, 11) is 1.51. The minimum Gasteiger partial charge on any atom is -0.494 e. The smallest absolute Gasteiger partial charge is 0.307 e. The third-order valence-electron chi connectivity index (χ3n) is 4.96. The molecule has 4 aromatic rings. The zero-order valence-electron chi connectivity index (χ0n) is 19.0. The van der Waals surface area contributed by atoms with E-state index < -0.39 is 5.91 Å². The van der Waals surface area contributed by atoms with E-state index in [-0.39, 0.29) is 18.2 Å². The maximum Gasteiger partial charge on any atom is 0.307 e. The Hall–Kier alpha value is -3.85.